The lowest BCUT2D eigenvalue weighted by Gasteiger charge is -2.10. The van der Waals surface area contributed by atoms with E-state index in [1.165, 1.54) is 0 Å². The first-order valence-electron chi connectivity index (χ1n) is 4.34. The number of nitrogens with one attached hydrogen (secondary N) is 3. The molecular weight excluding hydrogens is 182 g/mol. The molecule has 0 heterocycles. The van der Waals surface area contributed by atoms with Gasteiger partial charge in [-0.05, 0) is 6.42 Å². The van der Waals surface area contributed by atoms with Gasteiger partial charge >= 0.3 is 0 Å². The van der Waals surface area contributed by atoms with Crippen molar-refractivity contribution in [1.29, 1.82) is 5.41 Å². The zero-order valence-electron chi connectivity index (χ0n) is 8.48. The molecule has 0 saturated carbocycles. The van der Waals surface area contributed by atoms with Gasteiger partial charge in [0.05, 0.1) is 11.4 Å². The van der Waals surface area contributed by atoms with E-state index < -0.39 is 5.91 Å². The summed E-state index contributed by atoms with van der Waals surface area (Å²) in [6, 6.07) is 0. The SMILES string of the molecule is CCCC(=N)/C(N)=C(\NC)C(=O)NN. The molecule has 0 radical (unpaired) electrons. The van der Waals surface area contributed by atoms with E-state index >= 15 is 0 Å². The van der Waals surface area contributed by atoms with Gasteiger partial charge in [0.15, 0.2) is 0 Å². The molecule has 6 nitrogen and oxygen atoms in total. The number of amides is 1. The average molecular weight is 199 g/mol. The molecule has 0 bridgehead atoms. The van der Waals surface area contributed by atoms with E-state index in [0.29, 0.717) is 6.42 Å². The summed E-state index contributed by atoms with van der Waals surface area (Å²) in [6.07, 6.45) is 1.34. The molecule has 0 aromatic heterocycles. The number of nitrogens with two attached hydrogens (primary N) is 2. The second-order valence-corrected chi connectivity index (χ2v) is 2.74. The summed E-state index contributed by atoms with van der Waals surface area (Å²) in [5.74, 6) is 4.44. The fourth-order valence-corrected chi connectivity index (χ4v) is 0.978. The van der Waals surface area contributed by atoms with Crippen molar-refractivity contribution in [2.45, 2.75) is 19.8 Å². The Morgan fingerprint density at radius 2 is 2.07 bits per heavy atom. The molecule has 7 N–H and O–H groups in total. The van der Waals surface area contributed by atoms with E-state index in [2.05, 4.69) is 5.32 Å². The maximum atomic E-state index is 11.2. The van der Waals surface area contributed by atoms with Crippen LogP contribution >= 0.6 is 0 Å². The van der Waals surface area contributed by atoms with Crippen LogP contribution in [0.4, 0.5) is 0 Å². The highest BCUT2D eigenvalue weighted by atomic mass is 16.2. The van der Waals surface area contributed by atoms with Gasteiger partial charge in [0.1, 0.15) is 5.70 Å². The number of carbonyl (C=O) groups is 1. The first-order valence-corrected chi connectivity index (χ1v) is 4.34. The number of hydrogen-bond acceptors (Lipinski definition) is 5. The van der Waals surface area contributed by atoms with Crippen LogP contribution < -0.4 is 22.3 Å². The summed E-state index contributed by atoms with van der Waals surface area (Å²) in [5.41, 5.74) is 8.07. The predicted molar refractivity (Wildman–Crippen MR) is 55.2 cm³/mol. The van der Waals surface area contributed by atoms with Crippen molar-refractivity contribution in [2.24, 2.45) is 11.6 Å². The number of likely N-dealkylation sites (N-methyl/N-ethyl adjacent to an activating group) is 1. The van der Waals surface area contributed by atoms with Gasteiger partial charge in [-0.2, -0.15) is 0 Å². The lowest BCUT2D eigenvalue weighted by molar-refractivity contribution is -0.117. The van der Waals surface area contributed by atoms with E-state index in [1.54, 1.807) is 7.05 Å². The van der Waals surface area contributed by atoms with E-state index in [1.807, 2.05) is 12.3 Å². The van der Waals surface area contributed by atoms with Crippen molar-refractivity contribution in [3.63, 3.8) is 0 Å². The Morgan fingerprint density at radius 1 is 1.50 bits per heavy atom. The third kappa shape index (κ3) is 3.06. The van der Waals surface area contributed by atoms with E-state index in [0.717, 1.165) is 6.42 Å². The zero-order valence-corrected chi connectivity index (χ0v) is 8.48. The van der Waals surface area contributed by atoms with Crippen LogP contribution in [0.5, 0.6) is 0 Å². The Balaban J connectivity index is 4.82. The summed E-state index contributed by atoms with van der Waals surface area (Å²) in [6.45, 7) is 1.93. The summed E-state index contributed by atoms with van der Waals surface area (Å²) in [4.78, 5) is 11.2. The number of carbonyl (C=O) groups excluding carboxylic acids is 1. The topological polar surface area (TPSA) is 117 Å². The Bertz CT molecular complexity index is 258. The van der Waals surface area contributed by atoms with E-state index in [-0.39, 0.29) is 17.1 Å². The standard InChI is InChI=1S/C8H17N5O/c1-3-4-5(9)6(10)7(12-2)8(14)13-11/h9,12H,3-4,10-11H2,1-2H3,(H,13,14)/b7-6+,9-5?. The molecule has 0 fully saturated rings. The summed E-state index contributed by atoms with van der Waals surface area (Å²) in [5, 5.41) is 10.2. The normalized spacial score (nSPS) is 11.6. The molecule has 0 atom stereocenters. The van der Waals surface area contributed by atoms with E-state index in [4.69, 9.17) is 17.0 Å². The van der Waals surface area contributed by atoms with Crippen LogP contribution in [-0.2, 0) is 4.79 Å². The summed E-state index contributed by atoms with van der Waals surface area (Å²) >= 11 is 0. The van der Waals surface area contributed by atoms with Crippen molar-refractivity contribution in [3.8, 4) is 0 Å². The van der Waals surface area contributed by atoms with Crippen molar-refractivity contribution in [3.05, 3.63) is 11.4 Å². The van der Waals surface area contributed by atoms with E-state index in [9.17, 15) is 4.79 Å². The quantitative estimate of drug-likeness (QED) is 0.131. The molecule has 80 valence electrons. The second-order valence-electron chi connectivity index (χ2n) is 2.74. The van der Waals surface area contributed by atoms with Crippen LogP contribution in [0.1, 0.15) is 19.8 Å². The minimum absolute atomic E-state index is 0.131. The maximum Gasteiger partial charge on any atom is 0.283 e. The first kappa shape index (κ1) is 12.4. The Kier molecular flexibility index (Phi) is 5.31. The van der Waals surface area contributed by atoms with Crippen LogP contribution in [0.2, 0.25) is 0 Å². The minimum atomic E-state index is -0.522. The van der Waals surface area contributed by atoms with Crippen molar-refractivity contribution in [1.82, 2.24) is 10.7 Å². The average Bonchev–Trinajstić information content (AvgIpc) is 2.18. The summed E-state index contributed by atoms with van der Waals surface area (Å²) in [7, 11) is 1.55. The van der Waals surface area contributed by atoms with Gasteiger partial charge in [0, 0.05) is 7.05 Å². The minimum Gasteiger partial charge on any atom is -0.395 e. The number of hydrogen-bond donors (Lipinski definition) is 5. The van der Waals surface area contributed by atoms with Gasteiger partial charge in [-0.3, -0.25) is 10.2 Å². The zero-order chi connectivity index (χ0) is 11.1. The molecule has 0 unspecified atom stereocenters. The van der Waals surface area contributed by atoms with Crippen LogP contribution in [0.25, 0.3) is 0 Å². The second kappa shape index (κ2) is 5.98. The molecule has 0 aromatic carbocycles. The largest absolute Gasteiger partial charge is 0.395 e. The first-order chi connectivity index (χ1) is 6.58. The fraction of sp³-hybridized carbons (Fsp3) is 0.500. The Labute approximate surface area is 83.2 Å². The van der Waals surface area contributed by atoms with Gasteiger partial charge < -0.3 is 16.5 Å². The Morgan fingerprint density at radius 3 is 2.43 bits per heavy atom. The fourth-order valence-electron chi connectivity index (χ4n) is 0.978. The lowest BCUT2D eigenvalue weighted by atomic mass is 10.1. The smallest absolute Gasteiger partial charge is 0.283 e. The van der Waals surface area contributed by atoms with Crippen LogP contribution in [-0.4, -0.2) is 18.7 Å². The maximum absolute atomic E-state index is 11.2. The van der Waals surface area contributed by atoms with Crippen LogP contribution in [0.3, 0.4) is 0 Å². The number of rotatable bonds is 5. The van der Waals surface area contributed by atoms with Crippen LogP contribution in [0.15, 0.2) is 11.4 Å². The Hall–Kier alpha value is -1.56. The van der Waals surface area contributed by atoms with Gasteiger partial charge in [-0.15, -0.1) is 0 Å². The molecule has 0 aliphatic carbocycles. The third-order valence-corrected chi connectivity index (χ3v) is 1.70. The lowest BCUT2D eigenvalue weighted by Crippen LogP contribution is -2.38. The number of allylic oxidation sites excluding steroid dienone is 1. The van der Waals surface area contributed by atoms with Gasteiger partial charge in [-0.1, -0.05) is 13.3 Å². The van der Waals surface area contributed by atoms with Crippen molar-refractivity contribution in [2.75, 3.05) is 7.05 Å². The van der Waals surface area contributed by atoms with Crippen molar-refractivity contribution < 1.29 is 4.79 Å². The molecular formula is C8H17N5O. The molecule has 0 aliphatic rings. The highest BCUT2D eigenvalue weighted by molar-refractivity contribution is 6.05. The third-order valence-electron chi connectivity index (χ3n) is 1.70. The molecule has 0 spiro atoms. The molecule has 0 saturated heterocycles. The highest BCUT2D eigenvalue weighted by Gasteiger charge is 2.13. The summed E-state index contributed by atoms with van der Waals surface area (Å²) < 4.78 is 0. The highest BCUT2D eigenvalue weighted by Crippen LogP contribution is 2.01. The molecule has 0 rings (SSSR count). The molecule has 6 heteroatoms. The monoisotopic (exact) mass is 199 g/mol. The predicted octanol–water partition coefficient (Wildman–Crippen LogP) is -0.814. The molecule has 14 heavy (non-hydrogen) atoms. The molecule has 1 amide bonds. The van der Waals surface area contributed by atoms with Gasteiger partial charge in [0.25, 0.3) is 5.91 Å². The van der Waals surface area contributed by atoms with Crippen LogP contribution in [0, 0.1) is 5.41 Å². The molecule has 0 aliphatic heterocycles. The molecule has 0 aromatic rings. The number of hydrazine groups is 1. The van der Waals surface area contributed by atoms with Crippen molar-refractivity contribution >= 4 is 11.6 Å². The van der Waals surface area contributed by atoms with Gasteiger partial charge in [-0.25, -0.2) is 5.84 Å². The van der Waals surface area contributed by atoms with Gasteiger partial charge in [0.2, 0.25) is 0 Å².